The van der Waals surface area contributed by atoms with Gasteiger partial charge in [-0.15, -0.1) is 0 Å². The standard InChI is InChI=1S/C15H22N2O/c16-9-8-13-12-17(10-4-1-5-11-18)15-7-3-2-6-14(13)15/h2-3,6-7,12,18H,1,4-5,8-11,16H2. The molecule has 0 aliphatic rings. The number of hydrogen-bond donors (Lipinski definition) is 2. The Kier molecular flexibility index (Phi) is 4.79. The summed E-state index contributed by atoms with van der Waals surface area (Å²) in [7, 11) is 0. The van der Waals surface area contributed by atoms with Crippen LogP contribution in [0.5, 0.6) is 0 Å². The molecule has 0 atom stereocenters. The van der Waals surface area contributed by atoms with Crippen molar-refractivity contribution in [3.8, 4) is 0 Å². The van der Waals surface area contributed by atoms with Gasteiger partial charge in [-0.25, -0.2) is 0 Å². The van der Waals surface area contributed by atoms with Crippen molar-refractivity contribution in [1.29, 1.82) is 0 Å². The van der Waals surface area contributed by atoms with Crippen molar-refractivity contribution in [2.75, 3.05) is 13.2 Å². The fourth-order valence-electron chi connectivity index (χ4n) is 2.43. The molecule has 0 spiro atoms. The van der Waals surface area contributed by atoms with E-state index in [1.54, 1.807) is 0 Å². The molecule has 1 aromatic carbocycles. The van der Waals surface area contributed by atoms with Gasteiger partial charge in [0, 0.05) is 30.3 Å². The van der Waals surface area contributed by atoms with Crippen molar-refractivity contribution < 1.29 is 5.11 Å². The van der Waals surface area contributed by atoms with Crippen LogP contribution in [-0.2, 0) is 13.0 Å². The van der Waals surface area contributed by atoms with Gasteiger partial charge in [0.15, 0.2) is 0 Å². The highest BCUT2D eigenvalue weighted by molar-refractivity contribution is 5.84. The number of aromatic nitrogens is 1. The van der Waals surface area contributed by atoms with E-state index in [2.05, 4.69) is 35.0 Å². The van der Waals surface area contributed by atoms with E-state index in [1.165, 1.54) is 16.5 Å². The lowest BCUT2D eigenvalue weighted by atomic mass is 10.1. The Balaban J connectivity index is 2.16. The van der Waals surface area contributed by atoms with Crippen molar-refractivity contribution in [3.05, 3.63) is 36.0 Å². The maximum atomic E-state index is 8.79. The van der Waals surface area contributed by atoms with E-state index in [9.17, 15) is 0 Å². The van der Waals surface area contributed by atoms with Crippen LogP contribution >= 0.6 is 0 Å². The third-order valence-electron chi connectivity index (χ3n) is 3.34. The molecule has 2 rings (SSSR count). The zero-order valence-corrected chi connectivity index (χ0v) is 10.8. The second-order valence-electron chi connectivity index (χ2n) is 4.69. The third-order valence-corrected chi connectivity index (χ3v) is 3.34. The number of fused-ring (bicyclic) bond motifs is 1. The van der Waals surface area contributed by atoms with Crippen molar-refractivity contribution in [3.63, 3.8) is 0 Å². The molecule has 0 fully saturated rings. The van der Waals surface area contributed by atoms with Gasteiger partial charge in [-0.3, -0.25) is 0 Å². The summed E-state index contributed by atoms with van der Waals surface area (Å²) in [6.07, 6.45) is 6.26. The van der Waals surface area contributed by atoms with Crippen LogP contribution in [0.3, 0.4) is 0 Å². The molecule has 18 heavy (non-hydrogen) atoms. The third kappa shape index (κ3) is 2.92. The predicted molar refractivity (Wildman–Crippen MR) is 75.6 cm³/mol. The Morgan fingerprint density at radius 2 is 1.94 bits per heavy atom. The maximum absolute atomic E-state index is 8.79. The quantitative estimate of drug-likeness (QED) is 0.737. The molecule has 0 aliphatic carbocycles. The molecule has 0 amide bonds. The van der Waals surface area contributed by atoms with Crippen LogP contribution in [0.15, 0.2) is 30.5 Å². The fourth-order valence-corrected chi connectivity index (χ4v) is 2.43. The Labute approximate surface area is 108 Å². The lowest BCUT2D eigenvalue weighted by Crippen LogP contribution is -2.02. The van der Waals surface area contributed by atoms with E-state index >= 15 is 0 Å². The highest BCUT2D eigenvalue weighted by atomic mass is 16.2. The Morgan fingerprint density at radius 1 is 1.11 bits per heavy atom. The highest BCUT2D eigenvalue weighted by Crippen LogP contribution is 2.22. The second-order valence-corrected chi connectivity index (χ2v) is 4.69. The molecule has 3 N–H and O–H groups in total. The lowest BCUT2D eigenvalue weighted by molar-refractivity contribution is 0.282. The number of rotatable bonds is 7. The largest absolute Gasteiger partial charge is 0.396 e. The van der Waals surface area contributed by atoms with E-state index in [0.717, 1.165) is 32.2 Å². The number of nitrogens with two attached hydrogens (primary N) is 1. The summed E-state index contributed by atoms with van der Waals surface area (Å²) in [6, 6.07) is 8.50. The van der Waals surface area contributed by atoms with Crippen LogP contribution in [0.1, 0.15) is 24.8 Å². The van der Waals surface area contributed by atoms with Crippen molar-refractivity contribution in [2.24, 2.45) is 5.73 Å². The summed E-state index contributed by atoms with van der Waals surface area (Å²) in [5.74, 6) is 0. The topological polar surface area (TPSA) is 51.2 Å². The van der Waals surface area contributed by atoms with Crippen LogP contribution in [0.2, 0.25) is 0 Å². The Morgan fingerprint density at radius 3 is 2.72 bits per heavy atom. The molecule has 1 aromatic heterocycles. The number of nitrogens with zero attached hydrogens (tertiary/aromatic N) is 1. The zero-order chi connectivity index (χ0) is 12.8. The number of aliphatic hydroxyl groups is 1. The summed E-state index contributed by atoms with van der Waals surface area (Å²) in [5.41, 5.74) is 8.30. The summed E-state index contributed by atoms with van der Waals surface area (Å²) >= 11 is 0. The monoisotopic (exact) mass is 246 g/mol. The molecular formula is C15H22N2O. The first kappa shape index (κ1) is 13.1. The highest BCUT2D eigenvalue weighted by Gasteiger charge is 2.06. The van der Waals surface area contributed by atoms with Gasteiger partial charge >= 0.3 is 0 Å². The number of aryl methyl sites for hydroxylation is 1. The van der Waals surface area contributed by atoms with Gasteiger partial charge in [-0.1, -0.05) is 18.2 Å². The lowest BCUT2D eigenvalue weighted by Gasteiger charge is -2.04. The van der Waals surface area contributed by atoms with Gasteiger partial charge < -0.3 is 15.4 Å². The van der Waals surface area contributed by atoms with Gasteiger partial charge in [-0.05, 0) is 43.9 Å². The average molecular weight is 246 g/mol. The molecule has 3 heteroatoms. The first-order valence-electron chi connectivity index (χ1n) is 6.74. The van der Waals surface area contributed by atoms with Crippen molar-refractivity contribution in [2.45, 2.75) is 32.2 Å². The van der Waals surface area contributed by atoms with E-state index in [4.69, 9.17) is 10.8 Å². The van der Waals surface area contributed by atoms with Gasteiger partial charge in [0.25, 0.3) is 0 Å². The maximum Gasteiger partial charge on any atom is 0.0483 e. The minimum absolute atomic E-state index is 0.296. The summed E-state index contributed by atoms with van der Waals surface area (Å²) in [5, 5.41) is 10.1. The van der Waals surface area contributed by atoms with Gasteiger partial charge in [0.1, 0.15) is 0 Å². The number of aliphatic hydroxyl groups excluding tert-OH is 1. The number of unbranched alkanes of at least 4 members (excludes halogenated alkanes) is 2. The van der Waals surface area contributed by atoms with Crippen LogP contribution in [0, 0.1) is 0 Å². The van der Waals surface area contributed by atoms with Gasteiger partial charge in [-0.2, -0.15) is 0 Å². The van der Waals surface area contributed by atoms with Crippen LogP contribution in [0.25, 0.3) is 10.9 Å². The molecule has 0 unspecified atom stereocenters. The predicted octanol–water partition coefficient (Wildman–Crippen LogP) is 2.31. The van der Waals surface area contributed by atoms with Crippen LogP contribution < -0.4 is 5.73 Å². The smallest absolute Gasteiger partial charge is 0.0483 e. The Bertz CT molecular complexity index is 490. The van der Waals surface area contributed by atoms with E-state index < -0.39 is 0 Å². The molecule has 0 saturated heterocycles. The molecule has 0 aliphatic heterocycles. The molecular weight excluding hydrogens is 224 g/mol. The number of para-hydroxylation sites is 1. The van der Waals surface area contributed by atoms with Crippen molar-refractivity contribution >= 4 is 10.9 Å². The summed E-state index contributed by atoms with van der Waals surface area (Å²) < 4.78 is 2.32. The van der Waals surface area contributed by atoms with E-state index in [0.29, 0.717) is 13.2 Å². The number of hydrogen-bond acceptors (Lipinski definition) is 2. The zero-order valence-electron chi connectivity index (χ0n) is 10.8. The summed E-state index contributed by atoms with van der Waals surface area (Å²) in [4.78, 5) is 0. The number of benzene rings is 1. The first-order valence-corrected chi connectivity index (χ1v) is 6.74. The first-order chi connectivity index (χ1) is 8.86. The van der Waals surface area contributed by atoms with Crippen LogP contribution in [-0.4, -0.2) is 22.8 Å². The molecule has 0 bridgehead atoms. The fraction of sp³-hybridized carbons (Fsp3) is 0.467. The molecule has 98 valence electrons. The van der Waals surface area contributed by atoms with E-state index in [1.807, 2.05) is 0 Å². The second kappa shape index (κ2) is 6.57. The molecule has 1 heterocycles. The van der Waals surface area contributed by atoms with E-state index in [-0.39, 0.29) is 0 Å². The molecule has 3 nitrogen and oxygen atoms in total. The molecule has 0 saturated carbocycles. The van der Waals surface area contributed by atoms with Crippen LogP contribution in [0.4, 0.5) is 0 Å². The summed E-state index contributed by atoms with van der Waals surface area (Å²) in [6.45, 7) is 2.01. The van der Waals surface area contributed by atoms with Crippen molar-refractivity contribution in [1.82, 2.24) is 4.57 Å². The Hall–Kier alpha value is -1.32. The molecule has 2 aromatic rings. The molecule has 0 radical (unpaired) electrons. The average Bonchev–Trinajstić information content (AvgIpc) is 2.74. The normalized spacial score (nSPS) is 11.2. The SMILES string of the molecule is NCCc1cn(CCCCCO)c2ccccc12. The van der Waals surface area contributed by atoms with Gasteiger partial charge in [0.2, 0.25) is 0 Å². The minimum Gasteiger partial charge on any atom is -0.396 e. The van der Waals surface area contributed by atoms with Gasteiger partial charge in [0.05, 0.1) is 0 Å². The minimum atomic E-state index is 0.296.